The summed E-state index contributed by atoms with van der Waals surface area (Å²) in [5.74, 6) is 1.97. The summed E-state index contributed by atoms with van der Waals surface area (Å²) in [6, 6.07) is 0.437. The van der Waals surface area contributed by atoms with Crippen molar-refractivity contribution in [1.29, 1.82) is 0 Å². The van der Waals surface area contributed by atoms with E-state index in [0.29, 0.717) is 17.9 Å². The summed E-state index contributed by atoms with van der Waals surface area (Å²) in [4.78, 5) is 9.20. The second kappa shape index (κ2) is 7.44. The van der Waals surface area contributed by atoms with Gasteiger partial charge in [0.25, 0.3) is 0 Å². The molecular weight excluding hydrogens is 304 g/mol. The highest BCUT2D eigenvalue weighted by Gasteiger charge is 2.33. The molecule has 0 spiro atoms. The molecule has 3 rings (SSSR count). The maximum absolute atomic E-state index is 5.08. The maximum Gasteiger partial charge on any atom is 0.223 e. The minimum Gasteiger partial charge on any atom is -0.340 e. The lowest BCUT2D eigenvalue weighted by Gasteiger charge is -2.42. The van der Waals surface area contributed by atoms with Crippen LogP contribution < -0.4 is 0 Å². The third kappa shape index (κ3) is 3.84. The van der Waals surface area contributed by atoms with Crippen LogP contribution in [0.15, 0.2) is 16.9 Å². The van der Waals surface area contributed by atoms with E-state index in [1.165, 1.54) is 24.9 Å². The minimum absolute atomic E-state index is 0.437. The molecule has 0 aromatic carbocycles. The molecule has 1 aliphatic heterocycles. The average molecular weight is 332 g/mol. The highest BCUT2D eigenvalue weighted by Crippen LogP contribution is 2.36. The Hall–Kier alpha value is -1.73. The van der Waals surface area contributed by atoms with Gasteiger partial charge in [0.2, 0.25) is 5.89 Å². The van der Waals surface area contributed by atoms with Crippen LogP contribution in [-0.4, -0.2) is 56.4 Å². The van der Waals surface area contributed by atoms with Crippen LogP contribution in [0.2, 0.25) is 0 Å². The Bertz CT molecular complexity index is 651. The molecule has 0 radical (unpaired) electrons. The predicted octanol–water partition coefficient (Wildman–Crippen LogP) is 2.02. The molecule has 7 heteroatoms. The Kier molecular flexibility index (Phi) is 5.30. The highest BCUT2D eigenvalue weighted by atomic mass is 16.5. The topological polar surface area (TPSA) is 63.2 Å². The van der Waals surface area contributed by atoms with Crippen molar-refractivity contribution in [3.05, 3.63) is 29.7 Å². The standard InChI is InChI=1S/C17H28N6O/c1-5-23-8-6-7-14(17(23)15-9-18-22(4)11-15)10-21(3)12-16-19-13(2)24-20-16/h9,11,14,17H,5-8,10,12H2,1-4H3/t14-,17+/m0/s1. The molecule has 2 atom stereocenters. The fraction of sp³-hybridized carbons (Fsp3) is 0.706. The molecule has 1 saturated heterocycles. The van der Waals surface area contributed by atoms with Gasteiger partial charge >= 0.3 is 0 Å². The van der Waals surface area contributed by atoms with E-state index >= 15 is 0 Å². The molecule has 132 valence electrons. The van der Waals surface area contributed by atoms with Crippen molar-refractivity contribution < 1.29 is 4.52 Å². The van der Waals surface area contributed by atoms with Gasteiger partial charge in [-0.1, -0.05) is 12.1 Å². The van der Waals surface area contributed by atoms with Gasteiger partial charge in [0.15, 0.2) is 5.82 Å². The minimum atomic E-state index is 0.437. The molecule has 0 unspecified atom stereocenters. The van der Waals surface area contributed by atoms with Gasteiger partial charge < -0.3 is 4.52 Å². The zero-order valence-corrected chi connectivity index (χ0v) is 15.1. The van der Waals surface area contributed by atoms with Crippen LogP contribution in [-0.2, 0) is 13.6 Å². The van der Waals surface area contributed by atoms with E-state index in [1.54, 1.807) is 0 Å². The molecule has 24 heavy (non-hydrogen) atoms. The third-order valence-electron chi connectivity index (χ3n) is 4.86. The van der Waals surface area contributed by atoms with Gasteiger partial charge in [-0.25, -0.2) is 0 Å². The monoisotopic (exact) mass is 332 g/mol. The zero-order valence-electron chi connectivity index (χ0n) is 15.1. The van der Waals surface area contributed by atoms with E-state index in [1.807, 2.05) is 24.9 Å². The van der Waals surface area contributed by atoms with Gasteiger partial charge in [0, 0.05) is 38.3 Å². The van der Waals surface area contributed by atoms with Crippen LogP contribution in [0.1, 0.15) is 43.1 Å². The van der Waals surface area contributed by atoms with E-state index in [0.717, 1.165) is 25.5 Å². The molecule has 0 saturated carbocycles. The van der Waals surface area contributed by atoms with Gasteiger partial charge in [-0.15, -0.1) is 0 Å². The number of aryl methyl sites for hydroxylation is 2. The molecule has 1 fully saturated rings. The quantitative estimate of drug-likeness (QED) is 0.806. The summed E-state index contributed by atoms with van der Waals surface area (Å²) in [5.41, 5.74) is 1.33. The number of rotatable bonds is 6. The lowest BCUT2D eigenvalue weighted by molar-refractivity contribution is 0.0742. The second-order valence-corrected chi connectivity index (χ2v) is 6.85. The number of hydrogen-bond acceptors (Lipinski definition) is 6. The van der Waals surface area contributed by atoms with Crippen molar-refractivity contribution in [2.24, 2.45) is 13.0 Å². The Morgan fingerprint density at radius 1 is 1.42 bits per heavy atom. The summed E-state index contributed by atoms with van der Waals surface area (Å²) in [7, 11) is 4.12. The summed E-state index contributed by atoms with van der Waals surface area (Å²) in [6.45, 7) is 8.06. The van der Waals surface area contributed by atoms with E-state index in [-0.39, 0.29) is 0 Å². The van der Waals surface area contributed by atoms with Gasteiger partial charge in [0.05, 0.1) is 12.7 Å². The van der Waals surface area contributed by atoms with Gasteiger partial charge in [-0.2, -0.15) is 10.1 Å². The van der Waals surface area contributed by atoms with Crippen LogP contribution in [0.3, 0.4) is 0 Å². The Morgan fingerprint density at radius 2 is 2.25 bits per heavy atom. The van der Waals surface area contributed by atoms with Crippen LogP contribution in [0.4, 0.5) is 0 Å². The number of hydrogen-bond donors (Lipinski definition) is 0. The van der Waals surface area contributed by atoms with Gasteiger partial charge in [-0.3, -0.25) is 14.5 Å². The average Bonchev–Trinajstić information content (AvgIpc) is 3.15. The molecule has 0 amide bonds. The highest BCUT2D eigenvalue weighted by molar-refractivity contribution is 5.13. The number of likely N-dealkylation sites (tertiary alicyclic amines) is 1. The molecule has 7 nitrogen and oxygen atoms in total. The van der Waals surface area contributed by atoms with Crippen molar-refractivity contribution in [3.8, 4) is 0 Å². The number of piperidine rings is 1. The van der Waals surface area contributed by atoms with Gasteiger partial charge in [0.1, 0.15) is 0 Å². The molecule has 1 aliphatic rings. The first kappa shape index (κ1) is 17.1. The summed E-state index contributed by atoms with van der Waals surface area (Å²) in [6.07, 6.45) is 6.68. The molecule has 2 aromatic rings. The van der Waals surface area contributed by atoms with Crippen molar-refractivity contribution in [3.63, 3.8) is 0 Å². The van der Waals surface area contributed by atoms with Crippen molar-refractivity contribution in [1.82, 2.24) is 29.7 Å². The third-order valence-corrected chi connectivity index (χ3v) is 4.86. The Balaban J connectivity index is 1.71. The number of nitrogens with zero attached hydrogens (tertiary/aromatic N) is 6. The molecule has 0 N–H and O–H groups in total. The molecule has 2 aromatic heterocycles. The Morgan fingerprint density at radius 3 is 2.88 bits per heavy atom. The Labute approximate surface area is 143 Å². The SMILES string of the molecule is CCN1CCC[C@@H](CN(C)Cc2noc(C)n2)[C@@H]1c1cnn(C)c1. The first-order valence-electron chi connectivity index (χ1n) is 8.77. The van der Waals surface area contributed by atoms with Crippen LogP contribution in [0.25, 0.3) is 0 Å². The smallest absolute Gasteiger partial charge is 0.223 e. The fourth-order valence-electron chi connectivity index (χ4n) is 3.89. The predicted molar refractivity (Wildman–Crippen MR) is 91.3 cm³/mol. The van der Waals surface area contributed by atoms with Crippen molar-refractivity contribution >= 4 is 0 Å². The van der Waals surface area contributed by atoms with E-state index in [2.05, 4.69) is 45.2 Å². The lowest BCUT2D eigenvalue weighted by atomic mass is 9.85. The fourth-order valence-corrected chi connectivity index (χ4v) is 3.89. The first-order valence-corrected chi connectivity index (χ1v) is 8.77. The van der Waals surface area contributed by atoms with E-state index in [9.17, 15) is 0 Å². The summed E-state index contributed by atoms with van der Waals surface area (Å²) < 4.78 is 6.98. The number of aromatic nitrogens is 4. The summed E-state index contributed by atoms with van der Waals surface area (Å²) >= 11 is 0. The maximum atomic E-state index is 5.08. The van der Waals surface area contributed by atoms with Crippen LogP contribution in [0, 0.1) is 12.8 Å². The summed E-state index contributed by atoms with van der Waals surface area (Å²) in [5, 5.41) is 8.40. The second-order valence-electron chi connectivity index (χ2n) is 6.85. The zero-order chi connectivity index (χ0) is 17.1. The molecule has 0 aliphatic carbocycles. The van der Waals surface area contributed by atoms with E-state index in [4.69, 9.17) is 4.52 Å². The van der Waals surface area contributed by atoms with Crippen molar-refractivity contribution in [2.45, 2.75) is 39.3 Å². The molecule has 0 bridgehead atoms. The van der Waals surface area contributed by atoms with Crippen LogP contribution in [0.5, 0.6) is 0 Å². The molecule has 3 heterocycles. The van der Waals surface area contributed by atoms with E-state index < -0.39 is 0 Å². The normalized spacial score (nSPS) is 22.4. The molecular formula is C17H28N6O. The van der Waals surface area contributed by atoms with Crippen molar-refractivity contribution in [2.75, 3.05) is 26.7 Å². The first-order chi connectivity index (χ1) is 11.6. The largest absolute Gasteiger partial charge is 0.340 e. The van der Waals surface area contributed by atoms with Crippen LogP contribution >= 0.6 is 0 Å². The van der Waals surface area contributed by atoms with Gasteiger partial charge in [-0.05, 0) is 38.9 Å². The lowest BCUT2D eigenvalue weighted by Crippen LogP contribution is -2.42.